The van der Waals surface area contributed by atoms with Crippen LogP contribution in [0.5, 0.6) is 0 Å². The van der Waals surface area contributed by atoms with Gasteiger partial charge in [-0.2, -0.15) is 0 Å². The summed E-state index contributed by atoms with van der Waals surface area (Å²) >= 11 is 0. The fourth-order valence-corrected chi connectivity index (χ4v) is 2.64. The van der Waals surface area contributed by atoms with E-state index in [9.17, 15) is 8.42 Å². The highest BCUT2D eigenvalue weighted by molar-refractivity contribution is 7.91. The molecule has 0 amide bonds. The molecule has 1 rings (SSSR count). The van der Waals surface area contributed by atoms with Crippen molar-refractivity contribution in [1.29, 1.82) is 0 Å². The lowest BCUT2D eigenvalue weighted by Gasteiger charge is -2.30. The van der Waals surface area contributed by atoms with Crippen LogP contribution in [-0.4, -0.2) is 49.1 Å². The van der Waals surface area contributed by atoms with E-state index in [1.165, 1.54) is 6.26 Å². The molecule has 3 N–H and O–H groups in total. The predicted octanol–water partition coefficient (Wildman–Crippen LogP) is -0.801. The summed E-state index contributed by atoms with van der Waals surface area (Å²) in [6, 6.07) is 0. The molecule has 0 radical (unpaired) electrons. The van der Waals surface area contributed by atoms with Crippen LogP contribution < -0.4 is 5.73 Å². The number of hydrogen-bond donors (Lipinski definition) is 2. The molecular formula is C7H15N3O3S. The number of oxime groups is 1. The second kappa shape index (κ2) is 4.04. The number of hydrogen-bond acceptors (Lipinski definition) is 4. The molecule has 1 aliphatic rings. The molecule has 7 heteroatoms. The number of nitrogens with two attached hydrogens (primary N) is 1. The molecule has 6 nitrogen and oxygen atoms in total. The summed E-state index contributed by atoms with van der Waals surface area (Å²) in [6.07, 6.45) is 2.32. The maximum absolute atomic E-state index is 11.2. The van der Waals surface area contributed by atoms with E-state index in [0.29, 0.717) is 25.9 Å². The van der Waals surface area contributed by atoms with Gasteiger partial charge in [0.1, 0.15) is 9.84 Å². The van der Waals surface area contributed by atoms with E-state index in [4.69, 9.17) is 10.9 Å². The lowest BCUT2D eigenvalue weighted by Crippen LogP contribution is -2.45. The van der Waals surface area contributed by atoms with E-state index in [-0.39, 0.29) is 11.2 Å². The molecule has 1 fully saturated rings. The molecular weight excluding hydrogens is 206 g/mol. The van der Waals surface area contributed by atoms with Gasteiger partial charge in [0, 0.05) is 19.3 Å². The van der Waals surface area contributed by atoms with Crippen molar-refractivity contribution in [2.75, 3.05) is 19.3 Å². The molecule has 0 aromatic carbocycles. The Morgan fingerprint density at radius 3 is 2.36 bits per heavy atom. The second-order valence-electron chi connectivity index (χ2n) is 3.47. The summed E-state index contributed by atoms with van der Waals surface area (Å²) in [5.41, 5.74) is 5.38. The Morgan fingerprint density at radius 2 is 2.00 bits per heavy atom. The number of rotatable bonds is 1. The third kappa shape index (κ3) is 2.50. The summed E-state index contributed by atoms with van der Waals surface area (Å²) in [6.45, 7) is 1.04. The van der Waals surface area contributed by atoms with E-state index < -0.39 is 9.84 Å². The Kier molecular flexibility index (Phi) is 3.20. The van der Waals surface area contributed by atoms with E-state index in [0.717, 1.165) is 0 Å². The van der Waals surface area contributed by atoms with Crippen molar-refractivity contribution in [1.82, 2.24) is 4.90 Å². The Labute approximate surface area is 83.3 Å². The summed E-state index contributed by atoms with van der Waals surface area (Å²) in [5.74, 6) is 0.0527. The average molecular weight is 221 g/mol. The van der Waals surface area contributed by atoms with Crippen LogP contribution in [-0.2, 0) is 9.84 Å². The van der Waals surface area contributed by atoms with Crippen molar-refractivity contribution in [3.8, 4) is 0 Å². The Balaban J connectivity index is 2.55. The summed E-state index contributed by atoms with van der Waals surface area (Å²) in [7, 11) is -2.95. The third-order valence-corrected chi connectivity index (χ3v) is 4.16. The van der Waals surface area contributed by atoms with Crippen molar-refractivity contribution in [2.24, 2.45) is 10.9 Å². The molecule has 0 saturated carbocycles. The zero-order chi connectivity index (χ0) is 10.8. The lowest BCUT2D eigenvalue weighted by atomic mass is 10.1. The van der Waals surface area contributed by atoms with Gasteiger partial charge in [-0.1, -0.05) is 5.16 Å². The molecule has 0 aromatic heterocycles. The zero-order valence-electron chi connectivity index (χ0n) is 8.05. The minimum atomic E-state index is -2.95. The molecule has 0 aliphatic carbocycles. The molecule has 82 valence electrons. The van der Waals surface area contributed by atoms with Gasteiger partial charge in [0.2, 0.25) is 5.96 Å². The minimum Gasteiger partial charge on any atom is -0.408 e. The zero-order valence-corrected chi connectivity index (χ0v) is 8.87. The largest absolute Gasteiger partial charge is 0.408 e. The SMILES string of the molecule is CS(=O)(=O)C1CCN(/C(N)=N/O)CC1. The van der Waals surface area contributed by atoms with Crippen molar-refractivity contribution in [2.45, 2.75) is 18.1 Å². The first kappa shape index (κ1) is 11.1. The monoisotopic (exact) mass is 221 g/mol. The van der Waals surface area contributed by atoms with Gasteiger partial charge in [-0.15, -0.1) is 0 Å². The molecule has 0 aromatic rings. The number of piperidine rings is 1. The molecule has 0 atom stereocenters. The first-order chi connectivity index (χ1) is 6.45. The fraction of sp³-hybridized carbons (Fsp3) is 0.857. The van der Waals surface area contributed by atoms with Gasteiger partial charge in [-0.05, 0) is 12.8 Å². The molecule has 0 spiro atoms. The van der Waals surface area contributed by atoms with Crippen LogP contribution in [0.2, 0.25) is 0 Å². The van der Waals surface area contributed by atoms with Gasteiger partial charge in [-0.3, -0.25) is 0 Å². The van der Waals surface area contributed by atoms with E-state index in [2.05, 4.69) is 5.16 Å². The number of guanidine groups is 1. The van der Waals surface area contributed by atoms with Crippen molar-refractivity contribution in [3.63, 3.8) is 0 Å². The normalized spacial score (nSPS) is 21.2. The summed E-state index contributed by atoms with van der Waals surface area (Å²) in [5, 5.41) is 11.0. The molecule has 0 bridgehead atoms. The molecule has 1 aliphatic heterocycles. The van der Waals surface area contributed by atoms with Crippen LogP contribution in [0.15, 0.2) is 5.16 Å². The van der Waals surface area contributed by atoms with Crippen molar-refractivity contribution < 1.29 is 13.6 Å². The maximum atomic E-state index is 11.2. The minimum absolute atomic E-state index is 0.0527. The summed E-state index contributed by atoms with van der Waals surface area (Å²) < 4.78 is 22.4. The van der Waals surface area contributed by atoms with Gasteiger partial charge in [-0.25, -0.2) is 8.42 Å². The molecule has 1 heterocycles. The fourth-order valence-electron chi connectivity index (χ4n) is 1.58. The summed E-state index contributed by atoms with van der Waals surface area (Å²) in [4.78, 5) is 1.67. The van der Waals surface area contributed by atoms with Crippen LogP contribution in [0, 0.1) is 0 Å². The van der Waals surface area contributed by atoms with Gasteiger partial charge in [0.15, 0.2) is 0 Å². The Bertz CT molecular complexity index is 317. The Morgan fingerprint density at radius 1 is 1.50 bits per heavy atom. The molecule has 1 saturated heterocycles. The molecule has 0 unspecified atom stereocenters. The van der Waals surface area contributed by atoms with Gasteiger partial charge in [0.05, 0.1) is 5.25 Å². The number of likely N-dealkylation sites (tertiary alicyclic amines) is 1. The highest BCUT2D eigenvalue weighted by Gasteiger charge is 2.27. The average Bonchev–Trinajstić information content (AvgIpc) is 2.15. The first-order valence-corrected chi connectivity index (χ1v) is 6.32. The number of nitrogens with zero attached hydrogens (tertiary/aromatic N) is 2. The topological polar surface area (TPSA) is 96.0 Å². The van der Waals surface area contributed by atoms with E-state index >= 15 is 0 Å². The predicted molar refractivity (Wildman–Crippen MR) is 52.8 cm³/mol. The molecule has 14 heavy (non-hydrogen) atoms. The van der Waals surface area contributed by atoms with Crippen LogP contribution >= 0.6 is 0 Å². The standard InChI is InChI=1S/C7H15N3O3S/c1-14(12,13)6-2-4-10(5-3-6)7(8)9-11/h6,11H,2-5H2,1H3,(H2,8,9). The second-order valence-corrected chi connectivity index (χ2v) is 5.80. The van der Waals surface area contributed by atoms with Crippen molar-refractivity contribution >= 4 is 15.8 Å². The highest BCUT2D eigenvalue weighted by atomic mass is 32.2. The lowest BCUT2D eigenvalue weighted by molar-refractivity contribution is 0.283. The van der Waals surface area contributed by atoms with Gasteiger partial charge in [0.25, 0.3) is 0 Å². The highest BCUT2D eigenvalue weighted by Crippen LogP contribution is 2.16. The van der Waals surface area contributed by atoms with E-state index in [1.807, 2.05) is 0 Å². The van der Waals surface area contributed by atoms with Crippen LogP contribution in [0.4, 0.5) is 0 Å². The van der Waals surface area contributed by atoms with Gasteiger partial charge >= 0.3 is 0 Å². The first-order valence-electron chi connectivity index (χ1n) is 4.36. The maximum Gasteiger partial charge on any atom is 0.233 e. The van der Waals surface area contributed by atoms with Crippen molar-refractivity contribution in [3.05, 3.63) is 0 Å². The Hall–Kier alpha value is -0.980. The van der Waals surface area contributed by atoms with Crippen LogP contribution in [0.3, 0.4) is 0 Å². The smallest absolute Gasteiger partial charge is 0.233 e. The van der Waals surface area contributed by atoms with E-state index in [1.54, 1.807) is 4.90 Å². The van der Waals surface area contributed by atoms with Gasteiger partial charge < -0.3 is 15.8 Å². The quantitative estimate of drug-likeness (QED) is 0.261. The van der Waals surface area contributed by atoms with Crippen LogP contribution in [0.1, 0.15) is 12.8 Å². The number of sulfone groups is 1. The third-order valence-electron chi connectivity index (χ3n) is 2.47. The van der Waals surface area contributed by atoms with Crippen LogP contribution in [0.25, 0.3) is 0 Å².